The first kappa shape index (κ1) is 13.3. The van der Waals surface area contributed by atoms with Crippen LogP contribution < -0.4 is 5.32 Å². The number of hydrogen-bond acceptors (Lipinski definition) is 4. The van der Waals surface area contributed by atoms with Crippen LogP contribution in [0.4, 0.5) is 0 Å². The van der Waals surface area contributed by atoms with E-state index in [0.29, 0.717) is 17.2 Å². The Labute approximate surface area is 128 Å². The Balaban J connectivity index is 1.54. The molecule has 22 heavy (non-hydrogen) atoms. The molecule has 0 unspecified atom stereocenters. The normalized spacial score (nSPS) is 26.8. The Morgan fingerprint density at radius 2 is 2.23 bits per heavy atom. The number of rotatable bonds is 2. The first-order valence-corrected chi connectivity index (χ1v) is 7.64. The number of piperidine rings is 3. The van der Waals surface area contributed by atoms with Crippen molar-refractivity contribution in [1.82, 2.24) is 19.6 Å². The Hall–Kier alpha value is -2.39. The molecule has 3 aliphatic heterocycles. The molecule has 2 aromatic rings. The largest absolute Gasteiger partial charge is 0.346 e. The molecule has 1 atom stereocenters. The van der Waals surface area contributed by atoms with Gasteiger partial charge in [0.05, 0.1) is 17.3 Å². The average molecular weight is 295 g/mol. The fourth-order valence-corrected chi connectivity index (χ4v) is 3.59. The fraction of sp³-hybridized carbons (Fsp3) is 0.438. The second kappa shape index (κ2) is 5.11. The molecule has 2 bridgehead atoms. The summed E-state index contributed by atoms with van der Waals surface area (Å²) in [6.07, 6.45) is 7.39. The minimum absolute atomic E-state index is 0.132. The smallest absolute Gasteiger partial charge is 0.271 e. The number of aromatic nitrogens is 2. The van der Waals surface area contributed by atoms with Crippen LogP contribution in [0.2, 0.25) is 0 Å². The lowest BCUT2D eigenvalue weighted by molar-refractivity contribution is 0.0617. The van der Waals surface area contributed by atoms with Crippen LogP contribution in [-0.2, 0) is 0 Å². The SMILES string of the molecule is N#Cc1ccn2cc(C(=O)N[C@H]3CN4CCC3CC4)ncc12. The number of amides is 1. The maximum atomic E-state index is 12.4. The molecule has 2 aromatic heterocycles. The Bertz CT molecular complexity index is 766. The van der Waals surface area contributed by atoms with Gasteiger partial charge in [-0.05, 0) is 37.9 Å². The molecule has 3 saturated heterocycles. The molecule has 6 nitrogen and oxygen atoms in total. The zero-order valence-corrected chi connectivity index (χ0v) is 12.2. The maximum Gasteiger partial charge on any atom is 0.271 e. The number of carbonyl (C=O) groups excluding carboxylic acids is 1. The Kier molecular flexibility index (Phi) is 3.09. The van der Waals surface area contributed by atoms with Crippen molar-refractivity contribution in [1.29, 1.82) is 5.26 Å². The molecular weight excluding hydrogens is 278 g/mol. The van der Waals surface area contributed by atoms with Gasteiger partial charge in [-0.1, -0.05) is 0 Å². The van der Waals surface area contributed by atoms with Crippen LogP contribution in [0.1, 0.15) is 28.9 Å². The van der Waals surface area contributed by atoms with Crippen molar-refractivity contribution in [3.63, 3.8) is 0 Å². The van der Waals surface area contributed by atoms with Crippen LogP contribution in [0.3, 0.4) is 0 Å². The van der Waals surface area contributed by atoms with Crippen molar-refractivity contribution in [2.75, 3.05) is 19.6 Å². The van der Waals surface area contributed by atoms with Gasteiger partial charge in [-0.15, -0.1) is 0 Å². The van der Waals surface area contributed by atoms with Crippen molar-refractivity contribution >= 4 is 11.4 Å². The van der Waals surface area contributed by atoms with E-state index in [-0.39, 0.29) is 11.9 Å². The van der Waals surface area contributed by atoms with E-state index in [0.717, 1.165) is 25.2 Å². The van der Waals surface area contributed by atoms with Gasteiger partial charge in [0.1, 0.15) is 11.8 Å². The lowest BCUT2D eigenvalue weighted by Gasteiger charge is -2.44. The third-order valence-corrected chi connectivity index (χ3v) is 4.87. The minimum Gasteiger partial charge on any atom is -0.346 e. The highest BCUT2D eigenvalue weighted by Gasteiger charge is 2.35. The highest BCUT2D eigenvalue weighted by molar-refractivity contribution is 5.92. The lowest BCUT2D eigenvalue weighted by Crippen LogP contribution is -2.57. The van der Waals surface area contributed by atoms with E-state index in [4.69, 9.17) is 5.26 Å². The summed E-state index contributed by atoms with van der Waals surface area (Å²) in [6, 6.07) is 4.07. The summed E-state index contributed by atoms with van der Waals surface area (Å²) >= 11 is 0. The third-order valence-electron chi connectivity index (χ3n) is 4.87. The second-order valence-electron chi connectivity index (χ2n) is 6.12. The average Bonchev–Trinajstić information content (AvgIpc) is 2.98. The predicted octanol–water partition coefficient (Wildman–Crippen LogP) is 1.03. The topological polar surface area (TPSA) is 73.4 Å². The summed E-state index contributed by atoms with van der Waals surface area (Å²) < 4.78 is 1.77. The van der Waals surface area contributed by atoms with Crippen LogP contribution in [0.5, 0.6) is 0 Å². The second-order valence-corrected chi connectivity index (χ2v) is 6.12. The number of carbonyl (C=O) groups is 1. The molecule has 5 heterocycles. The molecule has 3 fully saturated rings. The maximum absolute atomic E-state index is 12.4. The van der Waals surface area contributed by atoms with Gasteiger partial charge in [-0.25, -0.2) is 4.98 Å². The number of nitrogens with zero attached hydrogens (tertiary/aromatic N) is 4. The molecule has 1 amide bonds. The number of nitrogens with one attached hydrogen (secondary N) is 1. The number of hydrogen-bond donors (Lipinski definition) is 1. The van der Waals surface area contributed by atoms with E-state index in [2.05, 4.69) is 21.3 Å². The summed E-state index contributed by atoms with van der Waals surface area (Å²) in [5.74, 6) is 0.460. The minimum atomic E-state index is -0.132. The van der Waals surface area contributed by atoms with E-state index in [9.17, 15) is 4.79 Å². The zero-order chi connectivity index (χ0) is 15.1. The zero-order valence-electron chi connectivity index (χ0n) is 12.2. The van der Waals surface area contributed by atoms with Gasteiger partial charge in [-0.2, -0.15) is 5.26 Å². The summed E-state index contributed by atoms with van der Waals surface area (Å²) in [4.78, 5) is 19.1. The molecule has 112 valence electrons. The van der Waals surface area contributed by atoms with Gasteiger partial charge in [0, 0.05) is 25.0 Å². The van der Waals surface area contributed by atoms with Crippen LogP contribution >= 0.6 is 0 Å². The summed E-state index contributed by atoms with van der Waals surface area (Å²) in [5, 5.41) is 12.1. The lowest BCUT2D eigenvalue weighted by atomic mass is 9.84. The van der Waals surface area contributed by atoms with Gasteiger partial charge >= 0.3 is 0 Å². The highest BCUT2D eigenvalue weighted by atomic mass is 16.2. The molecule has 1 N–H and O–H groups in total. The summed E-state index contributed by atoms with van der Waals surface area (Å²) in [6.45, 7) is 3.25. The standard InChI is InChI=1S/C16H17N5O/c17-7-12-3-6-21-10-14(18-8-15(12)21)16(22)19-13-9-20-4-1-11(13)2-5-20/h3,6,8,10-11,13H,1-2,4-5,9H2,(H,19,22)/t13-/m0/s1. The molecule has 0 saturated carbocycles. The highest BCUT2D eigenvalue weighted by Crippen LogP contribution is 2.27. The number of nitriles is 1. The molecule has 0 aliphatic carbocycles. The van der Waals surface area contributed by atoms with Gasteiger partial charge in [0.15, 0.2) is 0 Å². The van der Waals surface area contributed by atoms with Crippen LogP contribution in [0.25, 0.3) is 5.52 Å². The van der Waals surface area contributed by atoms with Crippen molar-refractivity contribution < 1.29 is 4.79 Å². The monoisotopic (exact) mass is 295 g/mol. The molecule has 0 aromatic carbocycles. The van der Waals surface area contributed by atoms with Crippen LogP contribution in [-0.4, -0.2) is 45.9 Å². The van der Waals surface area contributed by atoms with Crippen molar-refractivity contribution in [2.24, 2.45) is 5.92 Å². The summed E-state index contributed by atoms with van der Waals surface area (Å²) in [7, 11) is 0. The van der Waals surface area contributed by atoms with Crippen molar-refractivity contribution in [3.8, 4) is 6.07 Å². The first-order chi connectivity index (χ1) is 10.7. The Morgan fingerprint density at radius 3 is 2.91 bits per heavy atom. The van der Waals surface area contributed by atoms with Gasteiger partial charge in [-0.3, -0.25) is 4.79 Å². The molecule has 0 spiro atoms. The first-order valence-electron chi connectivity index (χ1n) is 7.64. The van der Waals surface area contributed by atoms with E-state index < -0.39 is 0 Å². The van der Waals surface area contributed by atoms with E-state index >= 15 is 0 Å². The van der Waals surface area contributed by atoms with Crippen molar-refractivity contribution in [2.45, 2.75) is 18.9 Å². The Morgan fingerprint density at radius 1 is 1.41 bits per heavy atom. The third kappa shape index (κ3) is 2.14. The quantitative estimate of drug-likeness (QED) is 0.898. The van der Waals surface area contributed by atoms with E-state index in [1.165, 1.54) is 12.8 Å². The fourth-order valence-electron chi connectivity index (χ4n) is 3.59. The van der Waals surface area contributed by atoms with Gasteiger partial charge in [0.2, 0.25) is 0 Å². The molecule has 5 rings (SSSR count). The molecule has 6 heteroatoms. The predicted molar refractivity (Wildman–Crippen MR) is 80.3 cm³/mol. The molecular formula is C16H17N5O. The van der Waals surface area contributed by atoms with Gasteiger partial charge in [0.25, 0.3) is 5.91 Å². The van der Waals surface area contributed by atoms with Crippen molar-refractivity contribution in [3.05, 3.63) is 35.9 Å². The molecule has 0 radical (unpaired) electrons. The van der Waals surface area contributed by atoms with Crippen LogP contribution in [0, 0.1) is 17.2 Å². The number of fused-ring (bicyclic) bond motifs is 4. The van der Waals surface area contributed by atoms with Crippen LogP contribution in [0.15, 0.2) is 24.7 Å². The van der Waals surface area contributed by atoms with E-state index in [1.807, 2.05) is 0 Å². The summed E-state index contributed by atoms with van der Waals surface area (Å²) in [5.41, 5.74) is 1.68. The van der Waals surface area contributed by atoms with Gasteiger partial charge < -0.3 is 14.6 Å². The molecule has 3 aliphatic rings. The van der Waals surface area contributed by atoms with E-state index in [1.54, 1.807) is 29.1 Å².